The molecule has 1 aliphatic heterocycles. The molecule has 4 nitrogen and oxygen atoms in total. The van der Waals surface area contributed by atoms with E-state index in [1.807, 2.05) is 30.5 Å². The maximum atomic E-state index is 13.5. The number of aromatic nitrogens is 1. The number of rotatable bonds is 8. The lowest BCUT2D eigenvalue weighted by atomic mass is 9.86. The van der Waals surface area contributed by atoms with Crippen LogP contribution in [0, 0.1) is 25.7 Å². The molecule has 174 valence electrons. The normalized spacial score (nSPS) is 18.7. The molecule has 0 spiro atoms. The maximum Gasteiger partial charge on any atom is 0.253 e. The van der Waals surface area contributed by atoms with Crippen LogP contribution in [0.1, 0.15) is 52.5 Å². The van der Waals surface area contributed by atoms with Crippen LogP contribution in [0.15, 0.2) is 66.9 Å². The number of hydrogen-bond donors (Lipinski definition) is 1. The largest absolute Gasteiger partial charge is 0.364 e. The minimum absolute atomic E-state index is 0.148. The fraction of sp³-hybridized carbons (Fsp3) is 0.414. The number of nitrogens with zero attached hydrogens (tertiary/aromatic N) is 2. The highest BCUT2D eigenvalue weighted by Crippen LogP contribution is 2.36. The predicted octanol–water partition coefficient (Wildman–Crippen LogP) is 5.65. The molecule has 1 amide bonds. The first-order valence-corrected chi connectivity index (χ1v) is 12.2. The molecule has 4 heteroatoms. The Labute approximate surface area is 198 Å². The molecule has 2 heterocycles. The summed E-state index contributed by atoms with van der Waals surface area (Å²) >= 11 is 0. The maximum absolute atomic E-state index is 13.5. The van der Waals surface area contributed by atoms with Crippen LogP contribution < -0.4 is 0 Å². The minimum atomic E-state index is 0.148. The molecule has 33 heavy (non-hydrogen) atoms. The van der Waals surface area contributed by atoms with Crippen molar-refractivity contribution in [3.05, 3.63) is 94.8 Å². The first-order valence-electron chi connectivity index (χ1n) is 12.2. The van der Waals surface area contributed by atoms with Gasteiger partial charge in [-0.1, -0.05) is 55.8 Å². The third kappa shape index (κ3) is 5.75. The van der Waals surface area contributed by atoms with E-state index >= 15 is 0 Å². The van der Waals surface area contributed by atoms with Crippen molar-refractivity contribution in [3.8, 4) is 0 Å². The number of nitrogens with one attached hydrogen (secondary N) is 1. The molecule has 1 fully saturated rings. The van der Waals surface area contributed by atoms with Gasteiger partial charge in [0.1, 0.15) is 0 Å². The molecule has 1 N–H and O–H groups in total. The number of aromatic amines is 1. The Morgan fingerprint density at radius 3 is 2.45 bits per heavy atom. The van der Waals surface area contributed by atoms with Crippen LogP contribution in [0.4, 0.5) is 0 Å². The van der Waals surface area contributed by atoms with Crippen molar-refractivity contribution >= 4 is 5.91 Å². The van der Waals surface area contributed by atoms with Crippen molar-refractivity contribution in [1.29, 1.82) is 0 Å². The molecule has 2 unspecified atom stereocenters. The summed E-state index contributed by atoms with van der Waals surface area (Å²) in [5.74, 6) is 1.39. The number of aryl methyl sites for hydroxylation is 2. The third-order valence-electron chi connectivity index (χ3n) is 6.79. The molecule has 4 rings (SSSR count). The first kappa shape index (κ1) is 23.3. The first-order chi connectivity index (χ1) is 15.9. The van der Waals surface area contributed by atoms with Gasteiger partial charge in [-0.05, 0) is 61.1 Å². The summed E-state index contributed by atoms with van der Waals surface area (Å²) in [6.45, 7) is 13.2. The molecule has 3 aromatic rings. The minimum Gasteiger partial charge on any atom is -0.364 e. The molecule has 0 saturated carbocycles. The zero-order chi connectivity index (χ0) is 23.4. The smallest absolute Gasteiger partial charge is 0.253 e. The lowest BCUT2D eigenvalue weighted by Crippen LogP contribution is -2.39. The predicted molar refractivity (Wildman–Crippen MR) is 135 cm³/mol. The van der Waals surface area contributed by atoms with Crippen LogP contribution in [0.25, 0.3) is 0 Å². The van der Waals surface area contributed by atoms with Gasteiger partial charge < -0.3 is 9.88 Å². The number of carbonyl (C=O) groups excluding carboxylic acids is 1. The van der Waals surface area contributed by atoms with E-state index in [9.17, 15) is 4.79 Å². The molecule has 2 atom stereocenters. The summed E-state index contributed by atoms with van der Waals surface area (Å²) in [7, 11) is 0. The molecule has 0 radical (unpaired) electrons. The highest BCUT2D eigenvalue weighted by molar-refractivity contribution is 5.94. The van der Waals surface area contributed by atoms with Gasteiger partial charge in [0.25, 0.3) is 5.91 Å². The van der Waals surface area contributed by atoms with Crippen LogP contribution >= 0.6 is 0 Å². The van der Waals surface area contributed by atoms with E-state index in [0.29, 0.717) is 17.8 Å². The monoisotopic (exact) mass is 443 g/mol. The Balaban J connectivity index is 1.59. The Bertz CT molecular complexity index is 1040. The molecule has 0 bridgehead atoms. The molecule has 1 aromatic heterocycles. The number of likely N-dealkylation sites (tertiary alicyclic amines) is 1. The number of hydrogen-bond acceptors (Lipinski definition) is 2. The topological polar surface area (TPSA) is 39.3 Å². The van der Waals surface area contributed by atoms with E-state index in [0.717, 1.165) is 38.3 Å². The van der Waals surface area contributed by atoms with Crippen molar-refractivity contribution in [2.24, 2.45) is 11.8 Å². The van der Waals surface area contributed by atoms with Crippen molar-refractivity contribution in [2.75, 3.05) is 26.2 Å². The second kappa shape index (κ2) is 10.4. The average molecular weight is 444 g/mol. The van der Waals surface area contributed by atoms with Gasteiger partial charge in [-0.25, -0.2) is 0 Å². The van der Waals surface area contributed by atoms with Gasteiger partial charge in [-0.3, -0.25) is 9.69 Å². The van der Waals surface area contributed by atoms with Crippen molar-refractivity contribution in [2.45, 2.75) is 40.2 Å². The van der Waals surface area contributed by atoms with Gasteiger partial charge in [0.05, 0.1) is 0 Å². The number of amides is 1. The van der Waals surface area contributed by atoms with Gasteiger partial charge in [0, 0.05) is 56.1 Å². The van der Waals surface area contributed by atoms with E-state index < -0.39 is 0 Å². The van der Waals surface area contributed by atoms with E-state index in [2.05, 4.69) is 78.9 Å². The molecule has 1 aliphatic rings. The summed E-state index contributed by atoms with van der Waals surface area (Å²) in [5.41, 5.74) is 5.97. The second-order valence-electron chi connectivity index (χ2n) is 10.1. The molecule has 2 aromatic carbocycles. The molecule has 0 aliphatic carbocycles. The number of carbonyl (C=O) groups is 1. The van der Waals surface area contributed by atoms with Crippen molar-refractivity contribution < 1.29 is 4.79 Å². The Hall–Kier alpha value is -2.85. The van der Waals surface area contributed by atoms with Gasteiger partial charge in [-0.2, -0.15) is 0 Å². The van der Waals surface area contributed by atoms with Crippen LogP contribution in [-0.2, 0) is 6.54 Å². The van der Waals surface area contributed by atoms with Gasteiger partial charge in [0.2, 0.25) is 0 Å². The van der Waals surface area contributed by atoms with Gasteiger partial charge >= 0.3 is 0 Å². The summed E-state index contributed by atoms with van der Waals surface area (Å²) in [5, 5.41) is 0. The fourth-order valence-corrected chi connectivity index (χ4v) is 5.18. The summed E-state index contributed by atoms with van der Waals surface area (Å²) in [6.07, 6.45) is 1.99. The number of benzene rings is 2. The van der Waals surface area contributed by atoms with E-state index in [1.54, 1.807) is 0 Å². The summed E-state index contributed by atoms with van der Waals surface area (Å²) < 4.78 is 0. The molecular formula is C29H37N3O. The van der Waals surface area contributed by atoms with E-state index in [1.165, 1.54) is 22.4 Å². The zero-order valence-electron chi connectivity index (χ0n) is 20.4. The standard InChI is InChI=1S/C29H37N3O/c1-21(2)16-32(29(33)24-13-11-22(3)12-14-24)18-25-17-31(19-26-9-7-15-30-26)20-28(25)27-10-6-5-8-23(27)4/h5-15,21,25,28,30H,16-20H2,1-4H3. The fourth-order valence-electron chi connectivity index (χ4n) is 5.18. The molecular weight excluding hydrogens is 406 g/mol. The Kier molecular flexibility index (Phi) is 7.34. The average Bonchev–Trinajstić information content (AvgIpc) is 3.43. The lowest BCUT2D eigenvalue weighted by molar-refractivity contribution is 0.0703. The SMILES string of the molecule is Cc1ccc(C(=O)N(CC(C)C)CC2CN(Cc3ccc[nH]3)CC2c2ccccc2C)cc1. The second-order valence-corrected chi connectivity index (χ2v) is 10.1. The summed E-state index contributed by atoms with van der Waals surface area (Å²) in [6, 6.07) is 21.0. The Morgan fingerprint density at radius 2 is 1.79 bits per heavy atom. The highest BCUT2D eigenvalue weighted by atomic mass is 16.2. The lowest BCUT2D eigenvalue weighted by Gasteiger charge is -2.30. The van der Waals surface area contributed by atoms with Gasteiger partial charge in [0.15, 0.2) is 0 Å². The quantitative estimate of drug-likeness (QED) is 0.489. The van der Waals surface area contributed by atoms with Crippen LogP contribution in [-0.4, -0.2) is 46.9 Å². The third-order valence-corrected chi connectivity index (χ3v) is 6.79. The van der Waals surface area contributed by atoms with Crippen LogP contribution in [0.3, 0.4) is 0 Å². The van der Waals surface area contributed by atoms with Crippen LogP contribution in [0.5, 0.6) is 0 Å². The van der Waals surface area contributed by atoms with Gasteiger partial charge in [-0.15, -0.1) is 0 Å². The highest BCUT2D eigenvalue weighted by Gasteiger charge is 2.36. The van der Waals surface area contributed by atoms with Crippen molar-refractivity contribution in [3.63, 3.8) is 0 Å². The Morgan fingerprint density at radius 1 is 1.03 bits per heavy atom. The van der Waals surface area contributed by atoms with E-state index in [4.69, 9.17) is 0 Å². The summed E-state index contributed by atoms with van der Waals surface area (Å²) in [4.78, 5) is 21.5. The molecule has 1 saturated heterocycles. The van der Waals surface area contributed by atoms with Crippen LogP contribution in [0.2, 0.25) is 0 Å². The van der Waals surface area contributed by atoms with Crippen molar-refractivity contribution in [1.82, 2.24) is 14.8 Å². The zero-order valence-corrected chi connectivity index (χ0v) is 20.4. The van der Waals surface area contributed by atoms with E-state index in [-0.39, 0.29) is 5.91 Å². The number of H-pyrrole nitrogens is 1.